The summed E-state index contributed by atoms with van der Waals surface area (Å²) in [5.74, 6) is 0.322. The van der Waals surface area contributed by atoms with Gasteiger partial charge in [-0.15, -0.1) is 0 Å². The molecule has 1 aromatic rings. The second kappa shape index (κ2) is 5.95. The van der Waals surface area contributed by atoms with E-state index in [4.69, 9.17) is 0 Å². The molecule has 3 rings (SSSR count). The molecule has 4 heteroatoms. The number of carbonyl (C=O) groups excluding carboxylic acids is 1. The molecule has 0 bridgehead atoms. The summed E-state index contributed by atoms with van der Waals surface area (Å²) in [6.07, 6.45) is 1.60. The number of carbonyl (C=O) groups is 1. The van der Waals surface area contributed by atoms with Gasteiger partial charge >= 0.3 is 0 Å². The van der Waals surface area contributed by atoms with Gasteiger partial charge in [0.05, 0.1) is 30.7 Å². The SMILES string of the molecule is C[C@@H]1C[C@]2(O)CC(=O)C[C@@H](c3ccccc3)[C@]2(C)C[NH+]1C.[Cl-]. The monoisotopic (exact) mass is 323 g/mol. The largest absolute Gasteiger partial charge is 1.00 e. The number of benzene rings is 1. The van der Waals surface area contributed by atoms with Crippen LogP contribution in [0.5, 0.6) is 0 Å². The van der Waals surface area contributed by atoms with Crippen molar-refractivity contribution in [2.75, 3.05) is 13.6 Å². The third kappa shape index (κ3) is 2.60. The van der Waals surface area contributed by atoms with Gasteiger partial charge in [0.1, 0.15) is 5.78 Å². The lowest BCUT2D eigenvalue weighted by Crippen LogP contribution is -3.16. The van der Waals surface area contributed by atoms with Gasteiger partial charge in [-0.3, -0.25) is 4.79 Å². The number of likely N-dealkylation sites (tertiary alicyclic amines) is 1. The van der Waals surface area contributed by atoms with Gasteiger partial charge in [-0.25, -0.2) is 0 Å². The summed E-state index contributed by atoms with van der Waals surface area (Å²) in [4.78, 5) is 13.7. The molecule has 1 aliphatic carbocycles. The fourth-order valence-corrected chi connectivity index (χ4v) is 4.58. The summed E-state index contributed by atoms with van der Waals surface area (Å²) in [6, 6.07) is 10.6. The van der Waals surface area contributed by atoms with Crippen molar-refractivity contribution in [1.29, 1.82) is 0 Å². The number of piperidine rings is 1. The number of Topliss-reactive ketones (excluding diaryl/α,β-unsaturated/α-hetero) is 1. The maximum atomic E-state index is 12.3. The van der Waals surface area contributed by atoms with E-state index in [0.717, 1.165) is 6.54 Å². The fourth-order valence-electron chi connectivity index (χ4n) is 4.58. The normalized spacial score (nSPS) is 41.5. The quantitative estimate of drug-likeness (QED) is 0.639. The first-order chi connectivity index (χ1) is 9.86. The maximum Gasteiger partial charge on any atom is 0.136 e. The number of rotatable bonds is 1. The summed E-state index contributed by atoms with van der Waals surface area (Å²) in [5.41, 5.74) is 0.0921. The number of aliphatic hydroxyl groups is 1. The molecule has 1 saturated heterocycles. The van der Waals surface area contributed by atoms with E-state index in [1.165, 1.54) is 10.5 Å². The standard InChI is InChI=1S/C18H25NO2.ClH/c1-13-10-18(21)11-15(20)9-16(14-7-5-4-6-8-14)17(18,2)12-19(13)3;/h4-8,13,16,21H,9-12H2,1-3H3;1H/t13-,16+,17+,18+;/m1./s1. The molecule has 0 aromatic heterocycles. The molecule has 0 amide bonds. The Labute approximate surface area is 139 Å². The van der Waals surface area contributed by atoms with Gasteiger partial charge in [-0.05, 0) is 12.5 Å². The molecule has 2 fully saturated rings. The number of nitrogens with one attached hydrogen (secondary N) is 1. The van der Waals surface area contributed by atoms with Crippen molar-refractivity contribution >= 4 is 5.78 Å². The van der Waals surface area contributed by atoms with E-state index in [1.807, 2.05) is 18.2 Å². The highest BCUT2D eigenvalue weighted by molar-refractivity contribution is 5.82. The van der Waals surface area contributed by atoms with E-state index in [1.54, 1.807) is 0 Å². The number of hydrogen-bond acceptors (Lipinski definition) is 2. The van der Waals surface area contributed by atoms with Crippen molar-refractivity contribution in [3.63, 3.8) is 0 Å². The van der Waals surface area contributed by atoms with Crippen molar-refractivity contribution in [2.24, 2.45) is 5.41 Å². The summed E-state index contributed by atoms with van der Waals surface area (Å²) in [6.45, 7) is 5.27. The van der Waals surface area contributed by atoms with Gasteiger partial charge in [0.25, 0.3) is 0 Å². The first-order valence-corrected chi connectivity index (χ1v) is 7.97. The van der Waals surface area contributed by atoms with Gasteiger partial charge in [0.15, 0.2) is 0 Å². The van der Waals surface area contributed by atoms with E-state index < -0.39 is 5.60 Å². The summed E-state index contributed by atoms with van der Waals surface area (Å²) in [7, 11) is 2.20. The zero-order valence-corrected chi connectivity index (χ0v) is 14.4. The lowest BCUT2D eigenvalue weighted by Gasteiger charge is -2.57. The van der Waals surface area contributed by atoms with Crippen LogP contribution in [-0.2, 0) is 4.79 Å². The maximum absolute atomic E-state index is 12.3. The molecular weight excluding hydrogens is 298 g/mol. The minimum atomic E-state index is -0.859. The zero-order valence-electron chi connectivity index (χ0n) is 13.6. The van der Waals surface area contributed by atoms with Gasteiger partial charge in [-0.1, -0.05) is 37.3 Å². The summed E-state index contributed by atoms with van der Waals surface area (Å²) >= 11 is 0. The second-order valence-electron chi connectivity index (χ2n) is 7.46. The molecule has 122 valence electrons. The number of hydrogen-bond donors (Lipinski definition) is 2. The molecule has 1 heterocycles. The van der Waals surface area contributed by atoms with Crippen molar-refractivity contribution in [3.8, 4) is 0 Å². The molecule has 1 aliphatic heterocycles. The Morgan fingerprint density at radius 2 is 1.91 bits per heavy atom. The lowest BCUT2D eigenvalue weighted by molar-refractivity contribution is -0.921. The second-order valence-corrected chi connectivity index (χ2v) is 7.46. The topological polar surface area (TPSA) is 41.7 Å². The van der Waals surface area contributed by atoms with E-state index in [-0.39, 0.29) is 29.5 Å². The van der Waals surface area contributed by atoms with Gasteiger partial charge in [0.2, 0.25) is 0 Å². The van der Waals surface area contributed by atoms with E-state index in [0.29, 0.717) is 25.3 Å². The lowest BCUT2D eigenvalue weighted by atomic mass is 9.53. The summed E-state index contributed by atoms with van der Waals surface area (Å²) in [5, 5.41) is 11.3. The van der Waals surface area contributed by atoms with Crippen molar-refractivity contribution in [3.05, 3.63) is 35.9 Å². The zero-order chi connectivity index (χ0) is 15.3. The Bertz CT molecular complexity index is 549. The van der Waals surface area contributed by atoms with Crippen molar-refractivity contribution in [1.82, 2.24) is 0 Å². The Hall–Kier alpha value is -0.900. The van der Waals surface area contributed by atoms with Crippen LogP contribution in [0.15, 0.2) is 30.3 Å². The smallest absolute Gasteiger partial charge is 0.136 e. The van der Waals surface area contributed by atoms with Crippen LogP contribution in [0.1, 0.15) is 44.6 Å². The molecular formula is C18H26ClNO2. The highest BCUT2D eigenvalue weighted by Crippen LogP contribution is 2.53. The minimum absolute atomic E-state index is 0. The van der Waals surface area contributed by atoms with Crippen LogP contribution in [0.25, 0.3) is 0 Å². The van der Waals surface area contributed by atoms with Gasteiger partial charge < -0.3 is 22.4 Å². The Morgan fingerprint density at radius 1 is 1.27 bits per heavy atom. The minimum Gasteiger partial charge on any atom is -1.00 e. The van der Waals surface area contributed by atoms with E-state index in [9.17, 15) is 9.90 Å². The van der Waals surface area contributed by atoms with Crippen LogP contribution in [0.3, 0.4) is 0 Å². The molecule has 1 aromatic carbocycles. The molecule has 1 unspecified atom stereocenters. The first-order valence-electron chi connectivity index (χ1n) is 7.97. The number of quaternary nitrogens is 1. The number of halogens is 1. The molecule has 2 N–H and O–H groups in total. The van der Waals surface area contributed by atoms with E-state index in [2.05, 4.69) is 33.0 Å². The molecule has 2 aliphatic rings. The van der Waals surface area contributed by atoms with Crippen LogP contribution in [-0.4, -0.2) is 36.1 Å². The van der Waals surface area contributed by atoms with Gasteiger partial charge in [-0.2, -0.15) is 0 Å². The molecule has 22 heavy (non-hydrogen) atoms. The fraction of sp³-hybridized carbons (Fsp3) is 0.611. The van der Waals surface area contributed by atoms with Crippen molar-refractivity contribution < 1.29 is 27.2 Å². The average Bonchev–Trinajstić information content (AvgIpc) is 2.42. The third-order valence-corrected chi connectivity index (χ3v) is 6.09. The van der Waals surface area contributed by atoms with Crippen LogP contribution in [0.4, 0.5) is 0 Å². The van der Waals surface area contributed by atoms with E-state index >= 15 is 0 Å². The third-order valence-electron chi connectivity index (χ3n) is 6.09. The van der Waals surface area contributed by atoms with Crippen LogP contribution in [0, 0.1) is 5.41 Å². The molecule has 5 atom stereocenters. The molecule has 0 radical (unpaired) electrons. The number of ketones is 1. The van der Waals surface area contributed by atoms with Crippen LogP contribution < -0.4 is 17.3 Å². The number of fused-ring (bicyclic) bond motifs is 1. The molecule has 3 nitrogen and oxygen atoms in total. The average molecular weight is 324 g/mol. The van der Waals surface area contributed by atoms with Gasteiger partial charge in [0, 0.05) is 25.2 Å². The first kappa shape index (κ1) is 17.5. The Kier molecular flexibility index (Phi) is 4.72. The predicted molar refractivity (Wildman–Crippen MR) is 82.3 cm³/mol. The predicted octanol–water partition coefficient (Wildman–Crippen LogP) is -1.82. The highest BCUT2D eigenvalue weighted by atomic mass is 35.5. The van der Waals surface area contributed by atoms with Crippen LogP contribution >= 0.6 is 0 Å². The molecule has 0 spiro atoms. The Balaban J connectivity index is 0.00000176. The Morgan fingerprint density at radius 3 is 2.55 bits per heavy atom. The summed E-state index contributed by atoms with van der Waals surface area (Å²) < 4.78 is 0. The van der Waals surface area contributed by atoms with Crippen LogP contribution in [0.2, 0.25) is 0 Å². The highest BCUT2D eigenvalue weighted by Gasteiger charge is 2.61. The molecule has 1 saturated carbocycles. The van der Waals surface area contributed by atoms with Crippen molar-refractivity contribution in [2.45, 2.75) is 50.7 Å².